The van der Waals surface area contributed by atoms with Gasteiger partial charge < -0.3 is 5.32 Å². The summed E-state index contributed by atoms with van der Waals surface area (Å²) in [6, 6.07) is 12.7. The van der Waals surface area contributed by atoms with E-state index in [0.717, 1.165) is 34.1 Å². The molecule has 21 heavy (non-hydrogen) atoms. The molecule has 2 aromatic carbocycles. The highest BCUT2D eigenvalue weighted by atomic mass is 79.9. The molecule has 1 fully saturated rings. The molecule has 0 bridgehead atoms. The van der Waals surface area contributed by atoms with Gasteiger partial charge in [0.05, 0.1) is 10.7 Å². The van der Waals surface area contributed by atoms with E-state index in [4.69, 9.17) is 23.2 Å². The Morgan fingerprint density at radius 1 is 1.10 bits per heavy atom. The van der Waals surface area contributed by atoms with Gasteiger partial charge in [0, 0.05) is 15.5 Å². The van der Waals surface area contributed by atoms with E-state index < -0.39 is 0 Å². The summed E-state index contributed by atoms with van der Waals surface area (Å²) in [7, 11) is 0. The number of anilines is 1. The molecule has 1 aliphatic rings. The predicted molar refractivity (Wildman–Crippen MR) is 94.7 cm³/mol. The highest BCUT2D eigenvalue weighted by Gasteiger charge is 2.31. The third-order valence-electron chi connectivity index (χ3n) is 4.09. The van der Waals surface area contributed by atoms with E-state index >= 15 is 0 Å². The Labute approximate surface area is 143 Å². The van der Waals surface area contributed by atoms with Gasteiger partial charge in [-0.2, -0.15) is 0 Å². The molecular weight excluding hydrogens is 369 g/mol. The number of hydrogen-bond donors (Lipinski definition) is 1. The SMILES string of the molecule is Cc1cc(Cl)c(NC2CC(c3ccccc3Br)C2)cc1Cl. The van der Waals surface area contributed by atoms with Crippen LogP contribution in [0.2, 0.25) is 10.0 Å². The molecule has 0 amide bonds. The summed E-state index contributed by atoms with van der Waals surface area (Å²) in [6.07, 6.45) is 2.23. The summed E-state index contributed by atoms with van der Waals surface area (Å²) in [5, 5.41) is 4.99. The van der Waals surface area contributed by atoms with Gasteiger partial charge in [0.1, 0.15) is 0 Å². The van der Waals surface area contributed by atoms with Gasteiger partial charge in [-0.15, -0.1) is 0 Å². The van der Waals surface area contributed by atoms with Gasteiger partial charge in [-0.25, -0.2) is 0 Å². The summed E-state index contributed by atoms with van der Waals surface area (Å²) in [4.78, 5) is 0. The third-order valence-corrected chi connectivity index (χ3v) is 5.53. The molecule has 1 N–H and O–H groups in total. The lowest BCUT2D eigenvalue weighted by Crippen LogP contribution is -2.34. The maximum atomic E-state index is 6.28. The molecule has 0 saturated heterocycles. The van der Waals surface area contributed by atoms with E-state index in [1.54, 1.807) is 0 Å². The molecule has 2 aromatic rings. The number of nitrogens with one attached hydrogen (secondary N) is 1. The Bertz CT molecular complexity index is 666. The van der Waals surface area contributed by atoms with Gasteiger partial charge >= 0.3 is 0 Å². The van der Waals surface area contributed by atoms with Crippen molar-refractivity contribution in [3.8, 4) is 0 Å². The molecule has 0 spiro atoms. The molecule has 3 rings (SSSR count). The van der Waals surface area contributed by atoms with E-state index in [-0.39, 0.29) is 0 Å². The van der Waals surface area contributed by atoms with Crippen LogP contribution in [0, 0.1) is 6.92 Å². The monoisotopic (exact) mass is 383 g/mol. The van der Waals surface area contributed by atoms with E-state index in [1.165, 1.54) is 10.0 Å². The van der Waals surface area contributed by atoms with Gasteiger partial charge in [-0.05, 0) is 55.0 Å². The smallest absolute Gasteiger partial charge is 0.0641 e. The van der Waals surface area contributed by atoms with Crippen LogP contribution in [-0.4, -0.2) is 6.04 Å². The Morgan fingerprint density at radius 2 is 1.81 bits per heavy atom. The lowest BCUT2D eigenvalue weighted by molar-refractivity contribution is 0.373. The second-order valence-electron chi connectivity index (χ2n) is 5.61. The van der Waals surface area contributed by atoms with Crippen LogP contribution in [0.15, 0.2) is 40.9 Å². The number of rotatable bonds is 3. The number of aryl methyl sites for hydroxylation is 1. The van der Waals surface area contributed by atoms with Crippen molar-refractivity contribution in [2.45, 2.75) is 31.7 Å². The van der Waals surface area contributed by atoms with Crippen LogP contribution in [0.5, 0.6) is 0 Å². The molecular formula is C17H16BrCl2N. The Morgan fingerprint density at radius 3 is 2.52 bits per heavy atom. The summed E-state index contributed by atoms with van der Waals surface area (Å²) < 4.78 is 1.20. The van der Waals surface area contributed by atoms with E-state index in [1.807, 2.05) is 19.1 Å². The largest absolute Gasteiger partial charge is 0.381 e. The molecule has 1 aliphatic carbocycles. The predicted octanol–water partition coefficient (Wildman–Crippen LogP) is 6.42. The molecule has 0 aliphatic heterocycles. The lowest BCUT2D eigenvalue weighted by atomic mass is 9.76. The fraction of sp³-hybridized carbons (Fsp3) is 0.294. The van der Waals surface area contributed by atoms with Gasteiger partial charge in [0.25, 0.3) is 0 Å². The zero-order valence-electron chi connectivity index (χ0n) is 11.7. The summed E-state index contributed by atoms with van der Waals surface area (Å²) in [6.45, 7) is 1.96. The second-order valence-corrected chi connectivity index (χ2v) is 7.28. The minimum atomic E-state index is 0.457. The molecule has 1 nitrogen and oxygen atoms in total. The fourth-order valence-corrected chi connectivity index (χ4v) is 3.82. The zero-order valence-corrected chi connectivity index (χ0v) is 14.8. The first-order valence-corrected chi connectivity index (χ1v) is 8.56. The van der Waals surface area contributed by atoms with Crippen LogP contribution in [-0.2, 0) is 0 Å². The first-order valence-electron chi connectivity index (χ1n) is 7.01. The first-order chi connectivity index (χ1) is 10.0. The van der Waals surface area contributed by atoms with Gasteiger partial charge in [-0.3, -0.25) is 0 Å². The van der Waals surface area contributed by atoms with Crippen molar-refractivity contribution in [1.29, 1.82) is 0 Å². The average molecular weight is 385 g/mol. The maximum absolute atomic E-state index is 6.28. The topological polar surface area (TPSA) is 12.0 Å². The molecule has 0 aromatic heterocycles. The normalized spacial score (nSPS) is 21.0. The Balaban J connectivity index is 1.65. The van der Waals surface area contributed by atoms with Crippen LogP contribution in [0.1, 0.15) is 29.9 Å². The van der Waals surface area contributed by atoms with E-state index in [0.29, 0.717) is 12.0 Å². The second kappa shape index (κ2) is 6.20. The van der Waals surface area contributed by atoms with Crippen molar-refractivity contribution < 1.29 is 0 Å². The van der Waals surface area contributed by atoms with Crippen LogP contribution in [0.3, 0.4) is 0 Å². The van der Waals surface area contributed by atoms with Crippen molar-refractivity contribution in [2.75, 3.05) is 5.32 Å². The molecule has 0 heterocycles. The summed E-state index contributed by atoms with van der Waals surface area (Å²) >= 11 is 16.1. The van der Waals surface area contributed by atoms with Gasteiger partial charge in [0.2, 0.25) is 0 Å². The molecule has 110 valence electrons. The van der Waals surface area contributed by atoms with Gasteiger partial charge in [-0.1, -0.05) is 57.3 Å². The summed E-state index contributed by atoms with van der Waals surface area (Å²) in [5.41, 5.74) is 3.33. The van der Waals surface area contributed by atoms with Crippen molar-refractivity contribution in [2.24, 2.45) is 0 Å². The Hall–Kier alpha value is -0.700. The minimum absolute atomic E-state index is 0.457. The zero-order chi connectivity index (χ0) is 15.0. The van der Waals surface area contributed by atoms with Crippen LogP contribution in [0.25, 0.3) is 0 Å². The highest BCUT2D eigenvalue weighted by Crippen LogP contribution is 2.42. The van der Waals surface area contributed by atoms with Crippen LogP contribution < -0.4 is 5.32 Å². The van der Waals surface area contributed by atoms with Crippen LogP contribution >= 0.6 is 39.1 Å². The quantitative estimate of drug-likeness (QED) is 0.643. The van der Waals surface area contributed by atoms with Crippen molar-refractivity contribution in [3.05, 3.63) is 62.0 Å². The fourth-order valence-electron chi connectivity index (χ4n) is 2.77. The average Bonchev–Trinajstić information content (AvgIpc) is 2.40. The Kier molecular flexibility index (Phi) is 4.49. The number of halogens is 3. The number of benzene rings is 2. The van der Waals surface area contributed by atoms with Crippen molar-refractivity contribution >= 4 is 44.8 Å². The molecule has 1 saturated carbocycles. The van der Waals surface area contributed by atoms with Crippen LogP contribution in [0.4, 0.5) is 5.69 Å². The highest BCUT2D eigenvalue weighted by molar-refractivity contribution is 9.10. The number of hydrogen-bond acceptors (Lipinski definition) is 1. The molecule has 0 unspecified atom stereocenters. The van der Waals surface area contributed by atoms with E-state index in [9.17, 15) is 0 Å². The molecule has 4 heteroatoms. The molecule has 0 radical (unpaired) electrons. The molecule has 0 atom stereocenters. The lowest BCUT2D eigenvalue weighted by Gasteiger charge is -2.37. The third kappa shape index (κ3) is 3.23. The van der Waals surface area contributed by atoms with Crippen molar-refractivity contribution in [1.82, 2.24) is 0 Å². The standard InChI is InChI=1S/C17H16BrCl2N/c1-10-6-16(20)17(9-15(10)19)21-12-7-11(8-12)13-4-2-3-5-14(13)18/h2-6,9,11-12,21H,7-8H2,1H3. The minimum Gasteiger partial charge on any atom is -0.381 e. The van der Waals surface area contributed by atoms with Gasteiger partial charge in [0.15, 0.2) is 0 Å². The summed E-state index contributed by atoms with van der Waals surface area (Å²) in [5.74, 6) is 0.609. The van der Waals surface area contributed by atoms with E-state index in [2.05, 4.69) is 45.5 Å². The maximum Gasteiger partial charge on any atom is 0.0641 e. The van der Waals surface area contributed by atoms with Crippen molar-refractivity contribution in [3.63, 3.8) is 0 Å². The first kappa shape index (κ1) is 15.2.